The molecule has 0 unspecified atom stereocenters. The van der Waals surface area contributed by atoms with E-state index in [2.05, 4.69) is 10.6 Å². The van der Waals surface area contributed by atoms with E-state index >= 15 is 0 Å². The lowest BCUT2D eigenvalue weighted by atomic mass is 10.1. The number of fused-ring (bicyclic) bond motifs is 1. The molecule has 0 saturated heterocycles. The van der Waals surface area contributed by atoms with E-state index in [0.717, 1.165) is 0 Å². The van der Waals surface area contributed by atoms with Crippen LogP contribution in [0.5, 0.6) is 11.5 Å². The monoisotopic (exact) mass is 384 g/mol. The van der Waals surface area contributed by atoms with Crippen LogP contribution in [0.2, 0.25) is 0 Å². The molecule has 0 fully saturated rings. The number of rotatable bonds is 6. The van der Waals surface area contributed by atoms with Gasteiger partial charge in [0.25, 0.3) is 11.8 Å². The Morgan fingerprint density at radius 1 is 1.18 bits per heavy atom. The van der Waals surface area contributed by atoms with E-state index < -0.39 is 30.0 Å². The number of esters is 1. The fraction of sp³-hybridized carbons (Fsp3) is 0.250. The average molecular weight is 384 g/mol. The molecule has 0 radical (unpaired) electrons. The van der Waals surface area contributed by atoms with Gasteiger partial charge in [-0.1, -0.05) is 12.1 Å². The minimum absolute atomic E-state index is 0.305. The fourth-order valence-electron chi connectivity index (χ4n) is 2.60. The molecule has 0 saturated carbocycles. The highest BCUT2D eigenvalue weighted by atomic mass is 16.6. The maximum absolute atomic E-state index is 12.2. The normalized spacial score (nSPS) is 16.1. The van der Waals surface area contributed by atoms with Crippen molar-refractivity contribution in [2.45, 2.75) is 25.6 Å². The molecular weight excluding hydrogens is 364 g/mol. The topological polar surface area (TPSA) is 103 Å². The summed E-state index contributed by atoms with van der Waals surface area (Å²) in [4.78, 5) is 36.4. The molecule has 0 aliphatic carbocycles. The molecule has 1 aliphatic rings. The highest BCUT2D eigenvalue weighted by Gasteiger charge is 2.31. The summed E-state index contributed by atoms with van der Waals surface area (Å²) < 4.78 is 15.7. The van der Waals surface area contributed by atoms with Crippen molar-refractivity contribution >= 4 is 29.2 Å². The van der Waals surface area contributed by atoms with Crippen molar-refractivity contribution in [3.63, 3.8) is 0 Å². The van der Waals surface area contributed by atoms with Gasteiger partial charge >= 0.3 is 5.97 Å². The summed E-state index contributed by atoms with van der Waals surface area (Å²) >= 11 is 0. The molecule has 2 N–H and O–H groups in total. The van der Waals surface area contributed by atoms with E-state index in [4.69, 9.17) is 14.2 Å². The van der Waals surface area contributed by atoms with Crippen LogP contribution >= 0.6 is 0 Å². The number of carbonyl (C=O) groups is 3. The van der Waals surface area contributed by atoms with Gasteiger partial charge < -0.3 is 24.8 Å². The fourth-order valence-corrected chi connectivity index (χ4v) is 2.60. The maximum Gasteiger partial charge on any atom is 0.310 e. The third-order valence-electron chi connectivity index (χ3n) is 4.09. The zero-order chi connectivity index (χ0) is 20.1. The number of hydrogen-bond acceptors (Lipinski definition) is 6. The lowest BCUT2D eigenvalue weighted by Crippen LogP contribution is -2.40. The van der Waals surface area contributed by atoms with Crippen LogP contribution in [0.25, 0.3) is 0 Å². The summed E-state index contributed by atoms with van der Waals surface area (Å²) in [6.45, 7) is 1.45. The molecule has 2 atom stereocenters. The third kappa shape index (κ3) is 4.59. The second kappa shape index (κ2) is 8.43. The van der Waals surface area contributed by atoms with E-state index in [1.165, 1.54) is 6.92 Å². The van der Waals surface area contributed by atoms with Gasteiger partial charge in [0.05, 0.1) is 19.2 Å². The Bertz CT molecular complexity index is 881. The molecule has 1 aliphatic heterocycles. The first kappa shape index (κ1) is 19.2. The van der Waals surface area contributed by atoms with Crippen LogP contribution in [-0.4, -0.2) is 37.1 Å². The van der Waals surface area contributed by atoms with Crippen LogP contribution < -0.4 is 20.1 Å². The van der Waals surface area contributed by atoms with Gasteiger partial charge in [-0.3, -0.25) is 14.4 Å². The van der Waals surface area contributed by atoms with E-state index in [9.17, 15) is 14.4 Å². The predicted molar refractivity (Wildman–Crippen MR) is 101 cm³/mol. The molecule has 2 aromatic rings. The number of amides is 2. The van der Waals surface area contributed by atoms with Crippen molar-refractivity contribution in [2.75, 3.05) is 17.7 Å². The maximum atomic E-state index is 12.2. The average Bonchev–Trinajstić information content (AvgIpc) is 2.69. The predicted octanol–water partition coefficient (Wildman–Crippen LogP) is 2.36. The summed E-state index contributed by atoms with van der Waals surface area (Å²) in [6, 6.07) is 13.7. The molecule has 0 bridgehead atoms. The molecule has 1 heterocycles. The number of benzene rings is 2. The third-order valence-corrected chi connectivity index (χ3v) is 4.09. The van der Waals surface area contributed by atoms with Crippen LogP contribution in [0, 0.1) is 0 Å². The van der Waals surface area contributed by atoms with Gasteiger partial charge in [-0.05, 0) is 43.3 Å². The van der Waals surface area contributed by atoms with Crippen molar-refractivity contribution in [1.82, 2.24) is 0 Å². The first-order valence-electron chi connectivity index (χ1n) is 8.67. The lowest BCUT2D eigenvalue weighted by Gasteiger charge is -2.25. The Labute approximate surface area is 161 Å². The number of nitrogens with one attached hydrogen (secondary N) is 2. The minimum atomic E-state index is -1.03. The van der Waals surface area contributed by atoms with Crippen LogP contribution in [0.3, 0.4) is 0 Å². The van der Waals surface area contributed by atoms with Crippen molar-refractivity contribution in [2.24, 2.45) is 0 Å². The molecule has 2 aromatic carbocycles. The molecule has 2 amide bonds. The van der Waals surface area contributed by atoms with Gasteiger partial charge in [-0.15, -0.1) is 0 Å². The van der Waals surface area contributed by atoms with Gasteiger partial charge in [0, 0.05) is 5.69 Å². The molecule has 0 aromatic heterocycles. The molecule has 8 heteroatoms. The standard InChI is InChI=1S/C20H20N2O6/c1-12(19(24)21-13-7-9-14(26-2)10-8-13)27-18(23)11-17-20(25)22-15-5-3-4-6-16(15)28-17/h3-10,12,17H,11H2,1-2H3,(H,21,24)(H,22,25)/t12-,17-/m0/s1. The number of carbonyl (C=O) groups excluding carboxylic acids is 3. The van der Waals surface area contributed by atoms with E-state index in [-0.39, 0.29) is 6.42 Å². The van der Waals surface area contributed by atoms with Crippen molar-refractivity contribution < 1.29 is 28.6 Å². The summed E-state index contributed by atoms with van der Waals surface area (Å²) in [7, 11) is 1.55. The molecular formula is C20H20N2O6. The van der Waals surface area contributed by atoms with Gasteiger partial charge in [0.2, 0.25) is 0 Å². The molecule has 0 spiro atoms. The quantitative estimate of drug-likeness (QED) is 0.741. The Morgan fingerprint density at radius 2 is 1.89 bits per heavy atom. The lowest BCUT2D eigenvalue weighted by molar-refractivity contribution is -0.155. The minimum Gasteiger partial charge on any atom is -0.497 e. The number of hydrogen-bond donors (Lipinski definition) is 2. The van der Waals surface area contributed by atoms with E-state index in [0.29, 0.717) is 22.9 Å². The van der Waals surface area contributed by atoms with Gasteiger partial charge in [0.1, 0.15) is 11.5 Å². The number of methoxy groups -OCH3 is 1. The van der Waals surface area contributed by atoms with Gasteiger partial charge in [0.15, 0.2) is 12.2 Å². The Hall–Kier alpha value is -3.55. The zero-order valence-electron chi connectivity index (χ0n) is 15.4. The number of ether oxygens (including phenoxy) is 3. The van der Waals surface area contributed by atoms with Crippen LogP contribution in [-0.2, 0) is 19.1 Å². The van der Waals surface area contributed by atoms with E-state index in [1.54, 1.807) is 55.6 Å². The van der Waals surface area contributed by atoms with Crippen molar-refractivity contribution in [1.29, 1.82) is 0 Å². The number of para-hydroxylation sites is 2. The first-order valence-corrected chi connectivity index (χ1v) is 8.67. The van der Waals surface area contributed by atoms with Crippen LogP contribution in [0.4, 0.5) is 11.4 Å². The second-order valence-corrected chi connectivity index (χ2v) is 6.15. The molecule has 28 heavy (non-hydrogen) atoms. The van der Waals surface area contributed by atoms with Gasteiger partial charge in [-0.25, -0.2) is 0 Å². The number of anilines is 2. The summed E-state index contributed by atoms with van der Waals surface area (Å²) in [5.74, 6) is -0.504. The molecule has 8 nitrogen and oxygen atoms in total. The van der Waals surface area contributed by atoms with Gasteiger partial charge in [-0.2, -0.15) is 0 Å². The summed E-state index contributed by atoms with van der Waals surface area (Å²) in [6.07, 6.45) is -2.35. The van der Waals surface area contributed by atoms with Crippen LogP contribution in [0.1, 0.15) is 13.3 Å². The van der Waals surface area contributed by atoms with E-state index in [1.807, 2.05) is 0 Å². The largest absolute Gasteiger partial charge is 0.497 e. The van der Waals surface area contributed by atoms with Crippen molar-refractivity contribution in [3.05, 3.63) is 48.5 Å². The Kier molecular flexibility index (Phi) is 5.78. The first-order chi connectivity index (χ1) is 13.5. The molecule has 3 rings (SSSR count). The Morgan fingerprint density at radius 3 is 2.61 bits per heavy atom. The smallest absolute Gasteiger partial charge is 0.310 e. The summed E-state index contributed by atoms with van der Waals surface area (Å²) in [5.41, 5.74) is 1.09. The highest BCUT2D eigenvalue weighted by Crippen LogP contribution is 2.29. The molecule has 146 valence electrons. The highest BCUT2D eigenvalue weighted by molar-refractivity contribution is 6.00. The Balaban J connectivity index is 1.52. The van der Waals surface area contributed by atoms with Crippen molar-refractivity contribution in [3.8, 4) is 11.5 Å². The zero-order valence-corrected chi connectivity index (χ0v) is 15.4. The summed E-state index contributed by atoms with van der Waals surface area (Å²) in [5, 5.41) is 5.31. The van der Waals surface area contributed by atoms with Crippen LogP contribution in [0.15, 0.2) is 48.5 Å². The SMILES string of the molecule is COc1ccc(NC(=O)[C@H](C)OC(=O)C[C@@H]2Oc3ccccc3NC2=O)cc1. The second-order valence-electron chi connectivity index (χ2n) is 6.15.